The molecule has 11 aromatic rings. The Balaban J connectivity index is 1.23. The van der Waals surface area contributed by atoms with Crippen molar-refractivity contribution in [2.75, 3.05) is 0 Å². The Morgan fingerprint density at radius 1 is 0.271 bits per heavy atom. The first kappa shape index (κ1) is 25.8. The van der Waals surface area contributed by atoms with Crippen LogP contribution in [0.1, 0.15) is 0 Å². The SMILES string of the molecule is c1cc(-c2cc3ccc4cccc5ccc(c2)c3c45)cc(-c2nc3c4ccccc4c4ccccc4c3c3c2ccc2ccccc23)c1. The predicted octanol–water partition coefficient (Wildman–Crippen LogP) is 13.1. The first-order chi connectivity index (χ1) is 23.8. The molecule has 0 atom stereocenters. The minimum absolute atomic E-state index is 1.02. The zero-order valence-electron chi connectivity index (χ0n) is 26.0. The average molecular weight is 606 g/mol. The summed E-state index contributed by atoms with van der Waals surface area (Å²) in [6.07, 6.45) is 0. The van der Waals surface area contributed by atoms with E-state index in [1.165, 1.54) is 91.9 Å². The number of rotatable bonds is 2. The van der Waals surface area contributed by atoms with Gasteiger partial charge in [-0.3, -0.25) is 0 Å². The summed E-state index contributed by atoms with van der Waals surface area (Å²) in [6.45, 7) is 0. The van der Waals surface area contributed by atoms with E-state index in [2.05, 4.69) is 164 Å². The van der Waals surface area contributed by atoms with Crippen molar-refractivity contribution in [1.82, 2.24) is 4.98 Å². The van der Waals surface area contributed by atoms with E-state index in [9.17, 15) is 0 Å². The largest absolute Gasteiger partial charge is 0.246 e. The third kappa shape index (κ3) is 3.53. The van der Waals surface area contributed by atoms with Gasteiger partial charge in [-0.2, -0.15) is 0 Å². The Kier molecular flexibility index (Phi) is 5.17. The molecule has 0 spiro atoms. The van der Waals surface area contributed by atoms with Gasteiger partial charge in [-0.15, -0.1) is 0 Å². The van der Waals surface area contributed by atoms with Crippen LogP contribution in [-0.4, -0.2) is 4.98 Å². The molecule has 48 heavy (non-hydrogen) atoms. The van der Waals surface area contributed by atoms with Crippen molar-refractivity contribution in [3.05, 3.63) is 164 Å². The highest BCUT2D eigenvalue weighted by atomic mass is 14.7. The maximum absolute atomic E-state index is 5.61. The van der Waals surface area contributed by atoms with E-state index in [0.29, 0.717) is 0 Å². The molecule has 11 rings (SSSR count). The molecule has 0 unspecified atom stereocenters. The lowest BCUT2D eigenvalue weighted by Gasteiger charge is -2.17. The molecule has 0 aliphatic heterocycles. The Labute approximate surface area is 276 Å². The van der Waals surface area contributed by atoms with Gasteiger partial charge in [0, 0.05) is 27.1 Å². The minimum atomic E-state index is 1.02. The molecule has 220 valence electrons. The highest BCUT2D eigenvalue weighted by Crippen LogP contribution is 2.44. The van der Waals surface area contributed by atoms with Crippen LogP contribution in [0.15, 0.2) is 164 Å². The fourth-order valence-electron chi connectivity index (χ4n) is 8.39. The molecule has 0 bridgehead atoms. The smallest absolute Gasteiger partial charge is 0.0801 e. The Bertz CT molecular complexity index is 3040. The standard InChI is InChI=1S/C47H27N/c1-2-14-36-28(9-1)23-24-41-44(36)45-39-17-5-3-15-37(39)38-16-4-6-18-40(38)47(45)48-46(41)34-13-8-12-31(25-34)35-26-32-21-19-29-10-7-11-30-20-22-33(27-35)43(32)42(29)30/h1-27H. The predicted molar refractivity (Wildman–Crippen MR) is 206 cm³/mol. The van der Waals surface area contributed by atoms with Crippen LogP contribution in [0.4, 0.5) is 0 Å². The second-order valence-electron chi connectivity index (χ2n) is 13.1. The molecule has 1 aromatic heterocycles. The molecule has 10 aromatic carbocycles. The number of hydrogen-bond acceptors (Lipinski definition) is 1. The second-order valence-corrected chi connectivity index (χ2v) is 13.1. The van der Waals surface area contributed by atoms with Gasteiger partial charge in [-0.1, -0.05) is 146 Å². The van der Waals surface area contributed by atoms with Crippen molar-refractivity contribution in [1.29, 1.82) is 0 Å². The summed E-state index contributed by atoms with van der Waals surface area (Å²) in [7, 11) is 0. The summed E-state index contributed by atoms with van der Waals surface area (Å²) >= 11 is 0. The molecule has 0 saturated heterocycles. The lowest BCUT2D eigenvalue weighted by Crippen LogP contribution is -1.94. The van der Waals surface area contributed by atoms with E-state index >= 15 is 0 Å². The molecular weight excluding hydrogens is 579 g/mol. The molecule has 0 radical (unpaired) electrons. The van der Waals surface area contributed by atoms with Gasteiger partial charge in [0.25, 0.3) is 0 Å². The van der Waals surface area contributed by atoms with Gasteiger partial charge in [-0.25, -0.2) is 4.98 Å². The normalized spacial score (nSPS) is 12.2. The quantitative estimate of drug-likeness (QED) is 0.179. The van der Waals surface area contributed by atoms with Crippen LogP contribution in [0.5, 0.6) is 0 Å². The average Bonchev–Trinajstić information content (AvgIpc) is 3.16. The van der Waals surface area contributed by atoms with Crippen molar-refractivity contribution in [3.63, 3.8) is 0 Å². The van der Waals surface area contributed by atoms with Crippen molar-refractivity contribution in [3.8, 4) is 22.4 Å². The lowest BCUT2D eigenvalue weighted by molar-refractivity contribution is 1.44. The van der Waals surface area contributed by atoms with Gasteiger partial charge in [0.15, 0.2) is 0 Å². The highest BCUT2D eigenvalue weighted by Gasteiger charge is 2.19. The summed E-state index contributed by atoms with van der Waals surface area (Å²) < 4.78 is 0. The van der Waals surface area contributed by atoms with Crippen LogP contribution in [0.3, 0.4) is 0 Å². The van der Waals surface area contributed by atoms with Gasteiger partial charge < -0.3 is 0 Å². The Morgan fingerprint density at radius 3 is 1.58 bits per heavy atom. The molecule has 1 heterocycles. The van der Waals surface area contributed by atoms with Crippen molar-refractivity contribution < 1.29 is 0 Å². The van der Waals surface area contributed by atoms with Gasteiger partial charge in [0.05, 0.1) is 11.2 Å². The zero-order valence-corrected chi connectivity index (χ0v) is 26.0. The van der Waals surface area contributed by atoms with Gasteiger partial charge in [0.1, 0.15) is 0 Å². The van der Waals surface area contributed by atoms with E-state index < -0.39 is 0 Å². The number of aromatic nitrogens is 1. The molecule has 0 N–H and O–H groups in total. The lowest BCUT2D eigenvalue weighted by atomic mass is 9.89. The van der Waals surface area contributed by atoms with Crippen LogP contribution in [0.2, 0.25) is 0 Å². The van der Waals surface area contributed by atoms with Crippen molar-refractivity contribution in [2.45, 2.75) is 0 Å². The first-order valence-corrected chi connectivity index (χ1v) is 16.6. The summed E-state index contributed by atoms with van der Waals surface area (Å²) in [5.41, 5.74) is 5.60. The fourth-order valence-corrected chi connectivity index (χ4v) is 8.39. The van der Waals surface area contributed by atoms with E-state index in [0.717, 1.165) is 16.8 Å². The third-order valence-corrected chi connectivity index (χ3v) is 10.5. The highest BCUT2D eigenvalue weighted by molar-refractivity contribution is 6.35. The zero-order chi connectivity index (χ0) is 31.3. The minimum Gasteiger partial charge on any atom is -0.246 e. The second kappa shape index (κ2) is 9.61. The maximum Gasteiger partial charge on any atom is 0.0801 e. The molecule has 1 nitrogen and oxygen atoms in total. The summed E-state index contributed by atoms with van der Waals surface area (Å²) in [5, 5.41) is 18.9. The summed E-state index contributed by atoms with van der Waals surface area (Å²) in [4.78, 5) is 5.61. The van der Waals surface area contributed by atoms with Crippen LogP contribution < -0.4 is 0 Å². The van der Waals surface area contributed by atoms with Gasteiger partial charge >= 0.3 is 0 Å². The first-order valence-electron chi connectivity index (χ1n) is 16.6. The summed E-state index contributed by atoms with van der Waals surface area (Å²) in [5.74, 6) is 0. The molecular formula is C47H27N. The number of fused-ring (bicyclic) bond motifs is 10. The van der Waals surface area contributed by atoms with Crippen LogP contribution >= 0.6 is 0 Å². The van der Waals surface area contributed by atoms with E-state index in [4.69, 9.17) is 4.98 Å². The molecule has 0 amide bonds. The number of nitrogens with zero attached hydrogens (tertiary/aromatic N) is 1. The molecule has 0 saturated carbocycles. The molecule has 0 aliphatic carbocycles. The fraction of sp³-hybridized carbons (Fsp3) is 0. The van der Waals surface area contributed by atoms with Crippen LogP contribution in [-0.2, 0) is 0 Å². The molecule has 0 aliphatic rings. The number of pyridine rings is 1. The molecule has 1 heteroatoms. The number of benzene rings is 10. The third-order valence-electron chi connectivity index (χ3n) is 10.5. The van der Waals surface area contributed by atoms with Gasteiger partial charge in [-0.05, 0) is 88.6 Å². The number of hydrogen-bond donors (Lipinski definition) is 0. The topological polar surface area (TPSA) is 12.9 Å². The van der Waals surface area contributed by atoms with E-state index in [1.54, 1.807) is 0 Å². The maximum atomic E-state index is 5.61. The van der Waals surface area contributed by atoms with Crippen molar-refractivity contribution >= 4 is 86.3 Å². The van der Waals surface area contributed by atoms with Crippen molar-refractivity contribution in [2.24, 2.45) is 0 Å². The van der Waals surface area contributed by atoms with E-state index in [-0.39, 0.29) is 0 Å². The monoisotopic (exact) mass is 605 g/mol. The van der Waals surface area contributed by atoms with Crippen LogP contribution in [0, 0.1) is 0 Å². The summed E-state index contributed by atoms with van der Waals surface area (Å²) in [6, 6.07) is 60.2. The molecule has 0 fully saturated rings. The van der Waals surface area contributed by atoms with E-state index in [1.807, 2.05) is 0 Å². The Hall–Kier alpha value is -6.31. The Morgan fingerprint density at radius 2 is 0.812 bits per heavy atom. The van der Waals surface area contributed by atoms with Gasteiger partial charge in [0.2, 0.25) is 0 Å². The van der Waals surface area contributed by atoms with Crippen LogP contribution in [0.25, 0.3) is 109 Å².